The number of benzene rings is 2. The van der Waals surface area contributed by atoms with Crippen LogP contribution in [-0.2, 0) is 11.3 Å². The smallest absolute Gasteiger partial charge is 0.338 e. The predicted octanol–water partition coefficient (Wildman–Crippen LogP) is 6.58. The molecule has 2 saturated heterocycles. The Morgan fingerprint density at radius 3 is 2.57 bits per heavy atom. The molecule has 2 saturated carbocycles. The minimum atomic E-state index is -0.641. The topological polar surface area (TPSA) is 89.7 Å². The Kier molecular flexibility index (Phi) is 6.89. The number of thiazole rings is 1. The molecular formula is C31H32F2N4O4S. The van der Waals surface area contributed by atoms with Crippen molar-refractivity contribution >= 4 is 32.7 Å². The Morgan fingerprint density at radius 2 is 1.90 bits per heavy atom. The largest absolute Gasteiger partial charge is 0.489 e. The van der Waals surface area contributed by atoms with Crippen LogP contribution < -0.4 is 15.0 Å². The molecule has 4 aromatic rings. The van der Waals surface area contributed by atoms with Gasteiger partial charge < -0.3 is 24.2 Å². The van der Waals surface area contributed by atoms with E-state index in [2.05, 4.69) is 15.4 Å². The van der Waals surface area contributed by atoms with Gasteiger partial charge in [0.25, 0.3) is 0 Å². The van der Waals surface area contributed by atoms with Crippen LogP contribution in [0.15, 0.2) is 34.9 Å². The van der Waals surface area contributed by atoms with Crippen LogP contribution in [0.2, 0.25) is 0 Å². The normalized spacial score (nSPS) is 21.6. The van der Waals surface area contributed by atoms with Crippen LogP contribution in [0, 0.1) is 11.6 Å². The lowest BCUT2D eigenvalue weighted by Gasteiger charge is -2.55. The highest BCUT2D eigenvalue weighted by molar-refractivity contribution is 7.22. The number of hydrogen-bond donors (Lipinski definition) is 1. The van der Waals surface area contributed by atoms with Crippen molar-refractivity contribution in [2.24, 2.45) is 0 Å². The van der Waals surface area contributed by atoms with Crippen LogP contribution in [0.3, 0.4) is 0 Å². The van der Waals surface area contributed by atoms with Gasteiger partial charge in [0.2, 0.25) is 0 Å². The second-order valence-corrected chi connectivity index (χ2v) is 12.7. The summed E-state index contributed by atoms with van der Waals surface area (Å²) in [6.07, 6.45) is 4.85. The number of hydrogen-bond acceptors (Lipinski definition) is 9. The van der Waals surface area contributed by atoms with E-state index >= 15 is 0 Å². The van der Waals surface area contributed by atoms with E-state index in [1.807, 2.05) is 19.9 Å². The molecule has 0 amide bonds. The van der Waals surface area contributed by atoms with E-state index < -0.39 is 17.6 Å². The summed E-state index contributed by atoms with van der Waals surface area (Å²) in [5, 5.41) is 8.70. The van der Waals surface area contributed by atoms with Crippen molar-refractivity contribution in [2.75, 3.05) is 12.0 Å². The van der Waals surface area contributed by atoms with Crippen molar-refractivity contribution in [2.45, 2.75) is 82.6 Å². The summed E-state index contributed by atoms with van der Waals surface area (Å²) < 4.78 is 46.8. The Hall–Kier alpha value is -3.57. The number of piperidine rings is 1. The molecule has 220 valence electrons. The van der Waals surface area contributed by atoms with E-state index in [1.54, 1.807) is 17.4 Å². The molecule has 11 heteroatoms. The number of rotatable bonds is 9. The summed E-state index contributed by atoms with van der Waals surface area (Å²) in [5.74, 6) is -0.109. The predicted molar refractivity (Wildman–Crippen MR) is 155 cm³/mol. The third-order valence-corrected chi connectivity index (χ3v) is 9.45. The summed E-state index contributed by atoms with van der Waals surface area (Å²) >= 11 is 1.56. The molecule has 2 aliphatic heterocycles. The number of anilines is 1. The fourth-order valence-corrected chi connectivity index (χ4v) is 7.52. The van der Waals surface area contributed by atoms with Crippen LogP contribution in [0.25, 0.3) is 21.5 Å². The van der Waals surface area contributed by atoms with E-state index in [-0.39, 0.29) is 29.3 Å². The van der Waals surface area contributed by atoms with Crippen LogP contribution in [0.4, 0.5) is 13.9 Å². The zero-order valence-corrected chi connectivity index (χ0v) is 24.5. The maximum Gasteiger partial charge on any atom is 0.338 e. The van der Waals surface area contributed by atoms with Crippen molar-refractivity contribution in [3.63, 3.8) is 0 Å². The first-order chi connectivity index (χ1) is 20.3. The van der Waals surface area contributed by atoms with Gasteiger partial charge in [-0.25, -0.2) is 18.6 Å². The fraction of sp³-hybridized carbons (Fsp3) is 0.452. The van der Waals surface area contributed by atoms with E-state index in [1.165, 1.54) is 25.3 Å². The molecule has 4 aliphatic rings. The molecule has 4 fully saturated rings. The Balaban J connectivity index is 1.09. The first kappa shape index (κ1) is 27.3. The average Bonchev–Trinajstić information content (AvgIpc) is 3.59. The lowest BCUT2D eigenvalue weighted by atomic mass is 9.77. The average molecular weight is 595 g/mol. The molecule has 0 spiro atoms. The molecule has 8 nitrogen and oxygen atoms in total. The molecule has 2 aromatic heterocycles. The second kappa shape index (κ2) is 10.6. The van der Waals surface area contributed by atoms with Crippen molar-refractivity contribution in [1.29, 1.82) is 0 Å². The zero-order chi connectivity index (χ0) is 29.1. The van der Waals surface area contributed by atoms with Crippen molar-refractivity contribution < 1.29 is 27.6 Å². The highest BCUT2D eigenvalue weighted by atomic mass is 32.1. The number of methoxy groups -OCH3 is 1. The van der Waals surface area contributed by atoms with Gasteiger partial charge in [-0.15, -0.1) is 0 Å². The number of halogens is 2. The Morgan fingerprint density at radius 1 is 1.17 bits per heavy atom. The van der Waals surface area contributed by atoms with E-state index in [9.17, 15) is 13.6 Å². The van der Waals surface area contributed by atoms with E-state index in [0.29, 0.717) is 29.9 Å². The van der Waals surface area contributed by atoms with Crippen LogP contribution >= 0.6 is 11.3 Å². The molecule has 8 rings (SSSR count). The number of carbonyl (C=O) groups is 1. The molecule has 0 radical (unpaired) electrons. The number of aromatic nitrogens is 2. The number of esters is 1. The molecule has 2 bridgehead atoms. The molecule has 1 N–H and O–H groups in total. The number of nitrogens with one attached hydrogen (secondary N) is 1. The molecule has 4 heterocycles. The number of fused-ring (bicyclic) bond motifs is 3. The first-order valence-electron chi connectivity index (χ1n) is 14.4. The lowest BCUT2D eigenvalue weighted by Crippen LogP contribution is -2.64. The highest BCUT2D eigenvalue weighted by Gasteiger charge is 2.47. The van der Waals surface area contributed by atoms with Gasteiger partial charge in [-0.05, 0) is 70.2 Å². The van der Waals surface area contributed by atoms with Gasteiger partial charge >= 0.3 is 5.97 Å². The van der Waals surface area contributed by atoms with Crippen LogP contribution in [0.1, 0.15) is 73.6 Å². The minimum Gasteiger partial charge on any atom is -0.489 e. The standard InChI is InChI=1S/C31H32F2N4O4S/c1-15(2)40-24-9-17(30(38)39-3)10-25-28(24)35-31(42-25)37-19-11-18(12-20(37)13-19)34-14-21-27(36-41-29(21)16-7-8-16)26-22(32)5-4-6-23(26)33/h4-6,9-10,15-16,18-20,34H,7-8,11-14H2,1-3H3. The first-order valence-corrected chi connectivity index (χ1v) is 15.3. The summed E-state index contributed by atoms with van der Waals surface area (Å²) in [7, 11) is 1.37. The van der Waals surface area contributed by atoms with Crippen molar-refractivity contribution in [3.8, 4) is 17.0 Å². The summed E-state index contributed by atoms with van der Waals surface area (Å²) in [4.78, 5) is 19.6. The molecule has 2 atom stereocenters. The van der Waals surface area contributed by atoms with Crippen LogP contribution in [0.5, 0.6) is 5.75 Å². The van der Waals surface area contributed by atoms with Gasteiger partial charge in [0.1, 0.15) is 34.4 Å². The van der Waals surface area contributed by atoms with Gasteiger partial charge in [0.05, 0.1) is 29.0 Å². The summed E-state index contributed by atoms with van der Waals surface area (Å²) in [6.45, 7) is 4.33. The van der Waals surface area contributed by atoms with Gasteiger partial charge in [-0.3, -0.25) is 0 Å². The van der Waals surface area contributed by atoms with Crippen molar-refractivity contribution in [3.05, 3.63) is 58.9 Å². The lowest BCUT2D eigenvalue weighted by molar-refractivity contribution is 0.0600. The number of carbonyl (C=O) groups excluding carboxylic acids is 1. The zero-order valence-electron chi connectivity index (χ0n) is 23.7. The highest BCUT2D eigenvalue weighted by Crippen LogP contribution is 2.47. The van der Waals surface area contributed by atoms with Gasteiger partial charge in [-0.2, -0.15) is 0 Å². The summed E-state index contributed by atoms with van der Waals surface area (Å²) in [5.41, 5.74) is 2.07. The molecule has 42 heavy (non-hydrogen) atoms. The third kappa shape index (κ3) is 4.82. The van der Waals surface area contributed by atoms with Gasteiger partial charge in [-0.1, -0.05) is 22.6 Å². The fourth-order valence-electron chi connectivity index (χ4n) is 6.36. The molecular weight excluding hydrogens is 562 g/mol. The minimum absolute atomic E-state index is 0.0669. The SMILES string of the molecule is COC(=O)c1cc(OC(C)C)c2nc(N3C4CC(NCc5c(-c6c(F)cccc6F)noc5C5CC5)CC3C4)sc2c1. The summed E-state index contributed by atoms with van der Waals surface area (Å²) in [6, 6.07) is 8.27. The maximum atomic E-state index is 14.7. The molecule has 2 unspecified atom stereocenters. The second-order valence-electron chi connectivity index (χ2n) is 11.7. The molecule has 2 aliphatic carbocycles. The van der Waals surface area contributed by atoms with Crippen molar-refractivity contribution in [1.82, 2.24) is 15.5 Å². The third-order valence-electron chi connectivity index (χ3n) is 8.43. The quantitative estimate of drug-likeness (QED) is 0.218. The van der Waals surface area contributed by atoms with Gasteiger partial charge in [0, 0.05) is 36.2 Å². The van der Waals surface area contributed by atoms with E-state index in [4.69, 9.17) is 19.0 Å². The monoisotopic (exact) mass is 594 g/mol. The van der Waals surface area contributed by atoms with Gasteiger partial charge in [0.15, 0.2) is 5.13 Å². The molecule has 2 aromatic carbocycles. The van der Waals surface area contributed by atoms with Crippen LogP contribution in [-0.4, -0.2) is 47.4 Å². The van der Waals surface area contributed by atoms with E-state index in [0.717, 1.165) is 58.8 Å². The Bertz CT molecular complexity index is 1630. The number of ether oxygens (including phenoxy) is 2. The maximum absolute atomic E-state index is 14.7. The Labute approximate surface area is 246 Å². The number of nitrogens with zero attached hydrogens (tertiary/aromatic N) is 3.